The van der Waals surface area contributed by atoms with E-state index in [0.717, 1.165) is 0 Å². The molecule has 0 aromatic carbocycles. The molecule has 0 radical (unpaired) electrons. The Morgan fingerprint density at radius 2 is 1.80 bits per heavy atom. The fourth-order valence-electron chi connectivity index (χ4n) is 0. The molecule has 0 atom stereocenters. The summed E-state index contributed by atoms with van der Waals surface area (Å²) in [7, 11) is 0. The van der Waals surface area contributed by atoms with Crippen LogP contribution in [0.15, 0.2) is 5.57 Å². The Kier molecular flexibility index (Phi) is 2.49. The van der Waals surface area contributed by atoms with Crippen LogP contribution in [0.3, 0.4) is 0 Å². The monoisotopic (exact) mass is 109 g/mol. The van der Waals surface area contributed by atoms with Gasteiger partial charge in [0.15, 0.2) is 0 Å². The minimum atomic E-state index is 1.17. The molecular weight excluding hydrogens is 103 g/mol. The van der Waals surface area contributed by atoms with Crippen LogP contribution in [0, 0.1) is 0 Å². The maximum absolute atomic E-state index is 3.03. The third-order valence-electron chi connectivity index (χ3n) is 0.189. The van der Waals surface area contributed by atoms with Gasteiger partial charge in [-0.25, -0.2) is 0 Å². The molecule has 0 aliphatic rings. The Labute approximate surface area is 40.2 Å². The van der Waals surface area contributed by atoms with Gasteiger partial charge in [-0.3, -0.25) is 0 Å². The van der Waals surface area contributed by atoms with E-state index in [1.807, 2.05) is 13.8 Å². The van der Waals surface area contributed by atoms with Crippen molar-refractivity contribution in [2.24, 2.45) is 0 Å². The van der Waals surface area contributed by atoms with Crippen LogP contribution in [-0.4, -0.2) is 4.58 Å². The summed E-state index contributed by atoms with van der Waals surface area (Å²) in [5.41, 5.74) is 1.17. The molecule has 0 nitrogen and oxygen atoms in total. The van der Waals surface area contributed by atoms with Crippen molar-refractivity contribution in [1.29, 1.82) is 0 Å². The van der Waals surface area contributed by atoms with E-state index < -0.39 is 0 Å². The molecule has 0 unspecified atom stereocenters. The molecule has 0 aliphatic heterocycles. The van der Waals surface area contributed by atoms with Gasteiger partial charge >= 0.3 is 39.6 Å². The van der Waals surface area contributed by atoms with Crippen LogP contribution < -0.4 is 0 Å². The summed E-state index contributed by atoms with van der Waals surface area (Å²) in [6.45, 7) is 3.96. The first kappa shape index (κ1) is 5.17. The predicted octanol–water partition coefficient (Wildman–Crippen LogP) is 0.901. The zero-order chi connectivity index (χ0) is 4.28. The molecule has 0 aromatic rings. The summed E-state index contributed by atoms with van der Waals surface area (Å²) in [5, 5.41) is 0. The summed E-state index contributed by atoms with van der Waals surface area (Å²) < 4.78 is 2.76. The maximum atomic E-state index is 3.03. The molecule has 0 amide bonds. The van der Waals surface area contributed by atoms with Crippen LogP contribution in [0.4, 0.5) is 0 Å². The van der Waals surface area contributed by atoms with Crippen molar-refractivity contribution >= 4 is 4.58 Å². The number of hydrogen-bond donors (Lipinski definition) is 0. The topological polar surface area (TPSA) is 0 Å². The molecule has 0 aliphatic carbocycles. The normalized spacial score (nSPS) is 6.00. The molecular formula is C4H6Mn. The van der Waals surface area contributed by atoms with E-state index in [-0.39, 0.29) is 0 Å². The average Bonchev–Trinajstić information content (AvgIpc) is 1.38. The minimum absolute atomic E-state index is 1.17. The van der Waals surface area contributed by atoms with Crippen molar-refractivity contribution in [3.8, 4) is 0 Å². The standard InChI is InChI=1S/C4H6.Mn/c1-4(2)3;/h1-2H3;. The first-order chi connectivity index (χ1) is 2.27. The van der Waals surface area contributed by atoms with Gasteiger partial charge in [0, 0.05) is 0 Å². The van der Waals surface area contributed by atoms with E-state index in [1.54, 1.807) is 0 Å². The van der Waals surface area contributed by atoms with Gasteiger partial charge in [0.1, 0.15) is 0 Å². The van der Waals surface area contributed by atoms with Gasteiger partial charge in [-0.05, 0) is 0 Å². The van der Waals surface area contributed by atoms with Crippen molar-refractivity contribution in [3.63, 3.8) is 0 Å². The van der Waals surface area contributed by atoms with Crippen molar-refractivity contribution in [2.75, 3.05) is 0 Å². The third kappa shape index (κ3) is 4.17. The molecule has 0 heterocycles. The van der Waals surface area contributed by atoms with E-state index in [1.165, 1.54) is 5.57 Å². The van der Waals surface area contributed by atoms with E-state index >= 15 is 0 Å². The first-order valence-electron chi connectivity index (χ1n) is 1.44. The first-order valence-corrected chi connectivity index (χ1v) is 2.03. The van der Waals surface area contributed by atoms with Gasteiger partial charge in [-0.2, -0.15) is 0 Å². The second-order valence-electron chi connectivity index (χ2n) is 1.09. The summed E-state index contributed by atoms with van der Waals surface area (Å²) >= 11 is 3.03. The molecule has 0 fully saturated rings. The van der Waals surface area contributed by atoms with E-state index in [2.05, 4.69) is 20.2 Å². The molecule has 0 saturated carbocycles. The summed E-state index contributed by atoms with van der Waals surface area (Å²) in [6, 6.07) is 0. The van der Waals surface area contributed by atoms with E-state index in [9.17, 15) is 0 Å². The number of rotatable bonds is 0. The van der Waals surface area contributed by atoms with Crippen LogP contribution in [-0.2, 0) is 15.6 Å². The summed E-state index contributed by atoms with van der Waals surface area (Å²) in [6.07, 6.45) is 0. The average molecular weight is 109 g/mol. The van der Waals surface area contributed by atoms with Crippen LogP contribution in [0.5, 0.6) is 0 Å². The van der Waals surface area contributed by atoms with Gasteiger partial charge in [0.2, 0.25) is 0 Å². The van der Waals surface area contributed by atoms with Crippen LogP contribution in [0.25, 0.3) is 0 Å². The third-order valence-corrected chi connectivity index (χ3v) is 0.779. The fourth-order valence-corrected chi connectivity index (χ4v) is 0. The zero-order valence-electron chi connectivity index (χ0n) is 3.38. The van der Waals surface area contributed by atoms with Gasteiger partial charge in [0.05, 0.1) is 0 Å². The Bertz CT molecular complexity index is 63.7. The predicted molar refractivity (Wildman–Crippen MR) is 19.9 cm³/mol. The van der Waals surface area contributed by atoms with Crippen molar-refractivity contribution in [1.82, 2.24) is 0 Å². The zero-order valence-corrected chi connectivity index (χ0v) is 4.56. The Hall–Kier alpha value is 0.169. The summed E-state index contributed by atoms with van der Waals surface area (Å²) in [4.78, 5) is 0. The van der Waals surface area contributed by atoms with Crippen LogP contribution in [0.1, 0.15) is 13.8 Å². The molecule has 0 bridgehead atoms. The fraction of sp³-hybridized carbons (Fsp3) is 0.500. The second-order valence-corrected chi connectivity index (χ2v) is 1.39. The quantitative estimate of drug-likeness (QED) is 0.405. The Morgan fingerprint density at radius 3 is 1.80 bits per heavy atom. The molecule has 0 spiro atoms. The SMILES string of the molecule is CC(C)=[C]=[Mn]. The van der Waals surface area contributed by atoms with Gasteiger partial charge in [0.25, 0.3) is 0 Å². The molecule has 29 valence electrons. The van der Waals surface area contributed by atoms with Crippen LogP contribution >= 0.6 is 0 Å². The van der Waals surface area contributed by atoms with Crippen LogP contribution in [0.2, 0.25) is 0 Å². The molecule has 0 aromatic heterocycles. The van der Waals surface area contributed by atoms with Crippen molar-refractivity contribution in [3.05, 3.63) is 5.57 Å². The molecule has 0 saturated heterocycles. The molecule has 0 rings (SSSR count). The Morgan fingerprint density at radius 1 is 1.60 bits per heavy atom. The van der Waals surface area contributed by atoms with E-state index in [4.69, 9.17) is 0 Å². The number of hydrogen-bond acceptors (Lipinski definition) is 0. The van der Waals surface area contributed by atoms with Gasteiger partial charge in [-0.1, -0.05) is 0 Å². The molecule has 1 heteroatoms. The van der Waals surface area contributed by atoms with Gasteiger partial charge in [-0.15, -0.1) is 0 Å². The molecule has 0 N–H and O–H groups in total. The summed E-state index contributed by atoms with van der Waals surface area (Å²) in [5.74, 6) is 0. The van der Waals surface area contributed by atoms with Crippen molar-refractivity contribution < 1.29 is 15.6 Å². The van der Waals surface area contributed by atoms with Gasteiger partial charge < -0.3 is 0 Å². The van der Waals surface area contributed by atoms with Crippen molar-refractivity contribution in [2.45, 2.75) is 13.8 Å². The Balaban J connectivity index is 3.60. The molecule has 5 heavy (non-hydrogen) atoms. The second kappa shape index (κ2) is 2.41. The number of allylic oxidation sites excluding steroid dienone is 1. The van der Waals surface area contributed by atoms with E-state index in [0.29, 0.717) is 0 Å².